The van der Waals surface area contributed by atoms with Crippen LogP contribution in [-0.2, 0) is 11.2 Å². The SMILES string of the molecule is CN=C(NCC1C2Cc3ccccc3C12)N(C)CCOCC1CC1. The minimum absolute atomic E-state index is 0.774. The molecule has 4 rings (SSSR count). The average molecular weight is 327 g/mol. The topological polar surface area (TPSA) is 36.9 Å². The molecule has 4 heteroatoms. The summed E-state index contributed by atoms with van der Waals surface area (Å²) in [6, 6.07) is 8.95. The Hall–Kier alpha value is -1.55. The summed E-state index contributed by atoms with van der Waals surface area (Å²) in [6.45, 7) is 3.65. The molecule has 2 saturated carbocycles. The molecule has 0 saturated heterocycles. The number of benzene rings is 1. The van der Waals surface area contributed by atoms with Crippen LogP contribution < -0.4 is 5.32 Å². The highest BCUT2D eigenvalue weighted by molar-refractivity contribution is 5.79. The zero-order valence-corrected chi connectivity index (χ0v) is 14.9. The summed E-state index contributed by atoms with van der Waals surface area (Å²) in [5, 5.41) is 3.57. The molecule has 3 aliphatic rings. The van der Waals surface area contributed by atoms with E-state index in [1.165, 1.54) is 19.3 Å². The maximum absolute atomic E-state index is 5.74. The van der Waals surface area contributed by atoms with Crippen LogP contribution in [0.3, 0.4) is 0 Å². The Morgan fingerprint density at radius 2 is 2.17 bits per heavy atom. The largest absolute Gasteiger partial charge is 0.379 e. The molecular formula is C20H29N3O. The van der Waals surface area contributed by atoms with Gasteiger partial charge >= 0.3 is 0 Å². The summed E-state index contributed by atoms with van der Waals surface area (Å²) in [5.74, 6) is 4.23. The predicted octanol–water partition coefficient (Wildman–Crippen LogP) is 2.51. The standard InChI is InChI=1S/C20H29N3O/c1-21-20(23(2)9-10-24-13-14-7-8-14)22-12-18-17-11-15-5-3-4-6-16(15)19(17)18/h3-6,14,17-19H,7-13H2,1-2H3,(H,21,22). The first kappa shape index (κ1) is 15.9. The number of hydrogen-bond donors (Lipinski definition) is 1. The molecule has 0 heterocycles. The fourth-order valence-corrected chi connectivity index (χ4v) is 4.20. The average Bonchev–Trinajstić information content (AvgIpc) is 3.50. The van der Waals surface area contributed by atoms with Gasteiger partial charge in [0.2, 0.25) is 0 Å². The molecule has 3 unspecified atom stereocenters. The molecule has 0 aromatic heterocycles. The van der Waals surface area contributed by atoms with Crippen molar-refractivity contribution >= 4 is 5.96 Å². The molecule has 3 aliphatic carbocycles. The van der Waals surface area contributed by atoms with E-state index in [1.807, 2.05) is 7.05 Å². The van der Waals surface area contributed by atoms with Gasteiger partial charge in [0.1, 0.15) is 0 Å². The lowest BCUT2D eigenvalue weighted by atomic mass is 10.0. The summed E-state index contributed by atoms with van der Waals surface area (Å²) in [7, 11) is 3.96. The van der Waals surface area contributed by atoms with Gasteiger partial charge in [-0.1, -0.05) is 24.3 Å². The van der Waals surface area contributed by atoms with Crippen molar-refractivity contribution in [3.8, 4) is 0 Å². The summed E-state index contributed by atoms with van der Waals surface area (Å²) in [4.78, 5) is 6.61. The van der Waals surface area contributed by atoms with Crippen LogP contribution in [0.2, 0.25) is 0 Å². The van der Waals surface area contributed by atoms with E-state index >= 15 is 0 Å². The first-order valence-electron chi connectivity index (χ1n) is 9.35. The Kier molecular flexibility index (Phi) is 4.49. The summed E-state index contributed by atoms with van der Waals surface area (Å²) in [6.07, 6.45) is 3.97. The molecule has 0 amide bonds. The first-order chi connectivity index (χ1) is 11.8. The van der Waals surface area contributed by atoms with Crippen molar-refractivity contribution in [2.45, 2.75) is 25.2 Å². The monoisotopic (exact) mass is 327 g/mol. The van der Waals surface area contributed by atoms with Crippen molar-refractivity contribution in [3.63, 3.8) is 0 Å². The van der Waals surface area contributed by atoms with Gasteiger partial charge in [-0.3, -0.25) is 4.99 Å². The van der Waals surface area contributed by atoms with Crippen LogP contribution in [0.4, 0.5) is 0 Å². The van der Waals surface area contributed by atoms with E-state index in [0.717, 1.165) is 55.9 Å². The Labute approximate surface area is 145 Å². The van der Waals surface area contributed by atoms with Crippen molar-refractivity contribution in [1.82, 2.24) is 10.2 Å². The Bertz CT molecular complexity index is 611. The highest BCUT2D eigenvalue weighted by Crippen LogP contribution is 2.60. The molecule has 0 spiro atoms. The molecule has 0 aliphatic heterocycles. The van der Waals surface area contributed by atoms with Crippen LogP contribution in [0.5, 0.6) is 0 Å². The molecule has 1 aromatic rings. The Balaban J connectivity index is 1.20. The van der Waals surface area contributed by atoms with E-state index in [-0.39, 0.29) is 0 Å². The number of likely N-dealkylation sites (N-methyl/N-ethyl adjacent to an activating group) is 1. The number of rotatable bonds is 7. The number of nitrogens with zero attached hydrogens (tertiary/aromatic N) is 2. The summed E-state index contributed by atoms with van der Waals surface area (Å²) >= 11 is 0. The molecule has 24 heavy (non-hydrogen) atoms. The maximum atomic E-state index is 5.74. The van der Waals surface area contributed by atoms with Crippen molar-refractivity contribution < 1.29 is 4.74 Å². The van der Waals surface area contributed by atoms with Crippen LogP contribution in [0, 0.1) is 17.8 Å². The van der Waals surface area contributed by atoms with Gasteiger partial charge < -0.3 is 15.0 Å². The highest BCUT2D eigenvalue weighted by atomic mass is 16.5. The normalized spacial score (nSPS) is 27.6. The van der Waals surface area contributed by atoms with Gasteiger partial charge in [-0.15, -0.1) is 0 Å². The molecule has 1 N–H and O–H groups in total. The van der Waals surface area contributed by atoms with E-state index in [2.05, 4.69) is 46.5 Å². The van der Waals surface area contributed by atoms with Gasteiger partial charge in [0, 0.05) is 33.8 Å². The highest BCUT2D eigenvalue weighted by Gasteiger charge is 2.54. The number of ether oxygens (including phenoxy) is 1. The van der Waals surface area contributed by atoms with Gasteiger partial charge in [-0.25, -0.2) is 0 Å². The van der Waals surface area contributed by atoms with Gasteiger partial charge in [-0.2, -0.15) is 0 Å². The van der Waals surface area contributed by atoms with E-state index in [0.29, 0.717) is 0 Å². The lowest BCUT2D eigenvalue weighted by Crippen LogP contribution is -2.41. The smallest absolute Gasteiger partial charge is 0.193 e. The van der Waals surface area contributed by atoms with E-state index in [4.69, 9.17) is 4.74 Å². The van der Waals surface area contributed by atoms with Crippen molar-refractivity contribution in [2.24, 2.45) is 22.7 Å². The molecule has 0 bridgehead atoms. The molecule has 2 fully saturated rings. The van der Waals surface area contributed by atoms with Crippen molar-refractivity contribution in [2.75, 3.05) is 40.4 Å². The minimum atomic E-state index is 0.774. The number of fused-ring (bicyclic) bond motifs is 3. The van der Waals surface area contributed by atoms with E-state index in [1.54, 1.807) is 11.1 Å². The van der Waals surface area contributed by atoms with Gasteiger partial charge in [0.15, 0.2) is 5.96 Å². The minimum Gasteiger partial charge on any atom is -0.379 e. The zero-order valence-electron chi connectivity index (χ0n) is 14.9. The third-order valence-corrected chi connectivity index (χ3v) is 5.89. The lowest BCUT2D eigenvalue weighted by molar-refractivity contribution is 0.115. The maximum Gasteiger partial charge on any atom is 0.193 e. The van der Waals surface area contributed by atoms with Crippen molar-refractivity contribution in [3.05, 3.63) is 35.4 Å². The fraction of sp³-hybridized carbons (Fsp3) is 0.650. The molecule has 3 atom stereocenters. The molecule has 130 valence electrons. The van der Waals surface area contributed by atoms with Gasteiger partial charge in [0.25, 0.3) is 0 Å². The number of hydrogen-bond acceptors (Lipinski definition) is 2. The Morgan fingerprint density at radius 3 is 2.96 bits per heavy atom. The summed E-state index contributed by atoms with van der Waals surface area (Å²) < 4.78 is 5.74. The van der Waals surface area contributed by atoms with E-state index < -0.39 is 0 Å². The number of aliphatic imine (C=N–C) groups is 1. The fourth-order valence-electron chi connectivity index (χ4n) is 4.20. The molecule has 1 aromatic carbocycles. The molecule has 0 radical (unpaired) electrons. The van der Waals surface area contributed by atoms with Crippen LogP contribution >= 0.6 is 0 Å². The van der Waals surface area contributed by atoms with Crippen LogP contribution in [0.15, 0.2) is 29.3 Å². The van der Waals surface area contributed by atoms with Crippen LogP contribution in [-0.4, -0.2) is 51.3 Å². The lowest BCUT2D eigenvalue weighted by Gasteiger charge is -2.22. The number of guanidine groups is 1. The first-order valence-corrected chi connectivity index (χ1v) is 9.35. The predicted molar refractivity (Wildman–Crippen MR) is 97.4 cm³/mol. The van der Waals surface area contributed by atoms with Crippen LogP contribution in [0.1, 0.15) is 29.9 Å². The Morgan fingerprint density at radius 1 is 1.33 bits per heavy atom. The second kappa shape index (κ2) is 6.75. The number of nitrogens with one attached hydrogen (secondary N) is 1. The van der Waals surface area contributed by atoms with Gasteiger partial charge in [0.05, 0.1) is 6.61 Å². The van der Waals surface area contributed by atoms with Gasteiger partial charge in [-0.05, 0) is 54.1 Å². The second-order valence-electron chi connectivity index (χ2n) is 7.62. The molecular weight excluding hydrogens is 298 g/mol. The van der Waals surface area contributed by atoms with Crippen LogP contribution in [0.25, 0.3) is 0 Å². The third kappa shape index (κ3) is 3.30. The third-order valence-electron chi connectivity index (χ3n) is 5.89. The van der Waals surface area contributed by atoms with Crippen molar-refractivity contribution in [1.29, 1.82) is 0 Å². The second-order valence-corrected chi connectivity index (χ2v) is 7.62. The summed E-state index contributed by atoms with van der Waals surface area (Å²) in [5.41, 5.74) is 3.16. The van der Waals surface area contributed by atoms with E-state index in [9.17, 15) is 0 Å². The quantitative estimate of drug-likeness (QED) is 0.475. The zero-order chi connectivity index (χ0) is 16.5. The molecule has 4 nitrogen and oxygen atoms in total.